The number of nitrogens with one attached hydrogen (secondary N) is 1. The number of fused-ring (bicyclic) bond motifs is 1. The van der Waals surface area contributed by atoms with E-state index >= 15 is 0 Å². The smallest absolute Gasteiger partial charge is 0.254 e. The Balaban J connectivity index is 1.52. The molecule has 0 aliphatic carbocycles. The summed E-state index contributed by atoms with van der Waals surface area (Å²) in [7, 11) is 0. The van der Waals surface area contributed by atoms with Crippen LogP contribution in [0.15, 0.2) is 36.7 Å². The molecule has 1 atom stereocenters. The van der Waals surface area contributed by atoms with Gasteiger partial charge in [0.1, 0.15) is 18.0 Å². The van der Waals surface area contributed by atoms with E-state index in [1.807, 2.05) is 13.0 Å². The summed E-state index contributed by atoms with van der Waals surface area (Å²) < 4.78 is 14.7. The highest BCUT2D eigenvalue weighted by molar-refractivity contribution is 5.93. The van der Waals surface area contributed by atoms with Gasteiger partial charge in [-0.3, -0.25) is 4.79 Å². The fourth-order valence-electron chi connectivity index (χ4n) is 3.31. The summed E-state index contributed by atoms with van der Waals surface area (Å²) in [4.78, 5) is 23.3. The number of aryl methyl sites for hydroxylation is 1. The number of aromatic nitrogens is 4. The minimum absolute atomic E-state index is 0.0538. The fourth-order valence-corrected chi connectivity index (χ4v) is 3.31. The SMILES string of the molecule is Cc1cc(N2CCC[C@H](C(=O)Nc3ccc(F)cc3)C2)n2ncnc2n1. The average molecular weight is 354 g/mol. The molecule has 3 heterocycles. The Bertz CT molecular complexity index is 939. The molecule has 7 nitrogen and oxygen atoms in total. The summed E-state index contributed by atoms with van der Waals surface area (Å²) in [6.45, 7) is 3.35. The van der Waals surface area contributed by atoms with Gasteiger partial charge in [0.15, 0.2) is 0 Å². The van der Waals surface area contributed by atoms with Gasteiger partial charge in [0.25, 0.3) is 5.78 Å². The van der Waals surface area contributed by atoms with Crippen molar-refractivity contribution < 1.29 is 9.18 Å². The van der Waals surface area contributed by atoms with Crippen LogP contribution < -0.4 is 10.2 Å². The molecule has 26 heavy (non-hydrogen) atoms. The van der Waals surface area contributed by atoms with Crippen LogP contribution in [0.25, 0.3) is 5.78 Å². The predicted molar refractivity (Wildman–Crippen MR) is 95.5 cm³/mol. The molecule has 2 aromatic heterocycles. The first-order valence-electron chi connectivity index (χ1n) is 8.59. The molecule has 1 fully saturated rings. The summed E-state index contributed by atoms with van der Waals surface area (Å²) in [6, 6.07) is 7.77. The van der Waals surface area contributed by atoms with Gasteiger partial charge in [0.05, 0.1) is 5.92 Å². The summed E-state index contributed by atoms with van der Waals surface area (Å²) in [5.74, 6) is 0.918. The van der Waals surface area contributed by atoms with Crippen molar-refractivity contribution in [3.63, 3.8) is 0 Å². The Kier molecular flexibility index (Phi) is 4.24. The first-order chi connectivity index (χ1) is 12.6. The standard InChI is InChI=1S/C18H19FN6O/c1-12-9-16(25-18(22-12)20-11-21-25)24-8-2-3-13(10-24)17(26)23-15-6-4-14(19)5-7-15/h4-7,9,11,13H,2-3,8,10H2,1H3,(H,23,26)/t13-/m0/s1. The van der Waals surface area contributed by atoms with Gasteiger partial charge in [-0.15, -0.1) is 0 Å². The van der Waals surface area contributed by atoms with Gasteiger partial charge < -0.3 is 10.2 Å². The fraction of sp³-hybridized carbons (Fsp3) is 0.333. The second-order valence-corrected chi connectivity index (χ2v) is 6.51. The molecule has 1 aliphatic heterocycles. The minimum Gasteiger partial charge on any atom is -0.356 e. The number of hydrogen-bond donors (Lipinski definition) is 1. The Hall–Kier alpha value is -3.03. The van der Waals surface area contributed by atoms with Gasteiger partial charge in [-0.1, -0.05) is 0 Å². The number of piperidine rings is 1. The maximum atomic E-state index is 13.0. The van der Waals surface area contributed by atoms with Crippen molar-refractivity contribution in [2.45, 2.75) is 19.8 Å². The normalized spacial score (nSPS) is 17.5. The lowest BCUT2D eigenvalue weighted by Crippen LogP contribution is -2.41. The molecule has 0 bridgehead atoms. The maximum absolute atomic E-state index is 13.0. The molecule has 1 aliphatic rings. The Morgan fingerprint density at radius 3 is 2.92 bits per heavy atom. The highest BCUT2D eigenvalue weighted by atomic mass is 19.1. The number of halogens is 1. The second-order valence-electron chi connectivity index (χ2n) is 6.51. The van der Waals surface area contributed by atoms with E-state index in [4.69, 9.17) is 0 Å². The van der Waals surface area contributed by atoms with E-state index in [-0.39, 0.29) is 17.6 Å². The van der Waals surface area contributed by atoms with Crippen molar-refractivity contribution in [1.82, 2.24) is 19.6 Å². The number of nitrogens with zero attached hydrogens (tertiary/aromatic N) is 5. The summed E-state index contributed by atoms with van der Waals surface area (Å²) in [6.07, 6.45) is 3.20. The largest absolute Gasteiger partial charge is 0.356 e. The zero-order valence-corrected chi connectivity index (χ0v) is 14.4. The van der Waals surface area contributed by atoms with Gasteiger partial charge in [-0.05, 0) is 44.0 Å². The van der Waals surface area contributed by atoms with Crippen LogP contribution in [0.5, 0.6) is 0 Å². The number of hydrogen-bond acceptors (Lipinski definition) is 5. The van der Waals surface area contributed by atoms with E-state index in [0.717, 1.165) is 30.9 Å². The van der Waals surface area contributed by atoms with Crippen molar-refractivity contribution in [2.24, 2.45) is 5.92 Å². The number of benzene rings is 1. The van der Waals surface area contributed by atoms with Crippen LogP contribution in [0.2, 0.25) is 0 Å². The van der Waals surface area contributed by atoms with Gasteiger partial charge in [0.2, 0.25) is 5.91 Å². The minimum atomic E-state index is -0.322. The highest BCUT2D eigenvalue weighted by Crippen LogP contribution is 2.25. The molecule has 0 spiro atoms. The third kappa shape index (κ3) is 3.22. The van der Waals surface area contributed by atoms with Crippen LogP contribution >= 0.6 is 0 Å². The molecule has 1 aromatic carbocycles. The Labute approximate surface area is 149 Å². The molecule has 134 valence electrons. The van der Waals surface area contributed by atoms with Crippen molar-refractivity contribution in [2.75, 3.05) is 23.3 Å². The highest BCUT2D eigenvalue weighted by Gasteiger charge is 2.27. The average Bonchev–Trinajstić information content (AvgIpc) is 3.11. The van der Waals surface area contributed by atoms with Crippen LogP contribution in [-0.4, -0.2) is 38.6 Å². The predicted octanol–water partition coefficient (Wildman–Crippen LogP) is 2.43. The van der Waals surface area contributed by atoms with Crippen molar-refractivity contribution in [3.05, 3.63) is 48.2 Å². The van der Waals surface area contributed by atoms with Gasteiger partial charge in [-0.2, -0.15) is 14.6 Å². The molecule has 8 heteroatoms. The number of amides is 1. The molecular weight excluding hydrogens is 335 g/mol. The molecular formula is C18H19FN6O. The zero-order valence-electron chi connectivity index (χ0n) is 14.4. The molecule has 0 unspecified atom stereocenters. The van der Waals surface area contributed by atoms with E-state index in [2.05, 4.69) is 25.3 Å². The number of carbonyl (C=O) groups is 1. The van der Waals surface area contributed by atoms with Crippen LogP contribution in [-0.2, 0) is 4.79 Å². The maximum Gasteiger partial charge on any atom is 0.254 e. The van der Waals surface area contributed by atoms with Crippen LogP contribution in [0.1, 0.15) is 18.5 Å². The lowest BCUT2D eigenvalue weighted by molar-refractivity contribution is -0.120. The number of carbonyl (C=O) groups excluding carboxylic acids is 1. The van der Waals surface area contributed by atoms with Crippen molar-refractivity contribution in [1.29, 1.82) is 0 Å². The third-order valence-electron chi connectivity index (χ3n) is 4.59. The van der Waals surface area contributed by atoms with Crippen molar-refractivity contribution in [3.8, 4) is 0 Å². The monoisotopic (exact) mass is 354 g/mol. The summed E-state index contributed by atoms with van der Waals surface area (Å²) in [5.41, 5.74) is 1.46. The van der Waals surface area contributed by atoms with E-state index in [1.165, 1.54) is 18.5 Å². The van der Waals surface area contributed by atoms with E-state index < -0.39 is 0 Å². The third-order valence-corrected chi connectivity index (χ3v) is 4.59. The number of rotatable bonds is 3. The Morgan fingerprint density at radius 1 is 1.31 bits per heavy atom. The molecule has 0 saturated carbocycles. The van der Waals surface area contributed by atoms with Crippen LogP contribution in [0, 0.1) is 18.7 Å². The summed E-state index contributed by atoms with van der Waals surface area (Å²) in [5, 5.41) is 7.12. The summed E-state index contributed by atoms with van der Waals surface area (Å²) >= 11 is 0. The zero-order chi connectivity index (χ0) is 18.1. The molecule has 3 aromatic rings. The van der Waals surface area contributed by atoms with Gasteiger partial charge in [-0.25, -0.2) is 9.37 Å². The van der Waals surface area contributed by atoms with Gasteiger partial charge in [0, 0.05) is 30.5 Å². The van der Waals surface area contributed by atoms with E-state index in [0.29, 0.717) is 18.0 Å². The Morgan fingerprint density at radius 2 is 2.12 bits per heavy atom. The van der Waals surface area contributed by atoms with Crippen molar-refractivity contribution >= 4 is 23.2 Å². The van der Waals surface area contributed by atoms with Crippen LogP contribution in [0.4, 0.5) is 15.9 Å². The second kappa shape index (κ2) is 6.70. The van der Waals surface area contributed by atoms with E-state index in [1.54, 1.807) is 16.6 Å². The molecule has 1 saturated heterocycles. The molecule has 0 radical (unpaired) electrons. The molecule has 4 rings (SSSR count). The van der Waals surface area contributed by atoms with Gasteiger partial charge >= 0.3 is 0 Å². The lowest BCUT2D eigenvalue weighted by atomic mass is 9.97. The first-order valence-corrected chi connectivity index (χ1v) is 8.59. The quantitative estimate of drug-likeness (QED) is 0.782. The van der Waals surface area contributed by atoms with E-state index in [9.17, 15) is 9.18 Å². The molecule has 1 amide bonds. The number of anilines is 2. The topological polar surface area (TPSA) is 75.4 Å². The first kappa shape index (κ1) is 16.4. The molecule has 1 N–H and O–H groups in total. The lowest BCUT2D eigenvalue weighted by Gasteiger charge is -2.33. The van der Waals surface area contributed by atoms with Crippen LogP contribution in [0.3, 0.4) is 0 Å².